The summed E-state index contributed by atoms with van der Waals surface area (Å²) in [5, 5.41) is 4.27. The van der Waals surface area contributed by atoms with E-state index < -0.39 is 0 Å². The molecule has 1 atom stereocenters. The molecular formula is C10H15NS. The van der Waals surface area contributed by atoms with E-state index in [9.17, 15) is 0 Å². The van der Waals surface area contributed by atoms with Crippen LogP contribution in [0, 0.1) is 0 Å². The van der Waals surface area contributed by atoms with E-state index in [2.05, 4.69) is 42.1 Å². The molecule has 1 N–H and O–H groups in total. The molecule has 2 heteroatoms. The van der Waals surface area contributed by atoms with Gasteiger partial charge in [-0.25, -0.2) is 10.9 Å². The van der Waals surface area contributed by atoms with Gasteiger partial charge >= 0.3 is 0 Å². The normalized spacial score (nSPS) is 21.5. The maximum atomic E-state index is 3.56. The molecule has 0 saturated heterocycles. The number of hydrogen-bond acceptors (Lipinski definition) is 1. The number of benzene rings is 1. The Bertz CT molecular complexity index is 258. The standard InChI is InChI=1S/C10H15NS/c1-12(2)10-7-8-5-3-4-6-9(8)11-10/h3-6,10-12H,7H2,1-2H3. The maximum Gasteiger partial charge on any atom is 0.0584 e. The third kappa shape index (κ3) is 1.31. The van der Waals surface area contributed by atoms with Gasteiger partial charge in [0.15, 0.2) is 0 Å². The molecule has 2 rings (SSSR count). The van der Waals surface area contributed by atoms with Crippen molar-refractivity contribution in [3.63, 3.8) is 0 Å². The Morgan fingerprint density at radius 1 is 1.33 bits per heavy atom. The Labute approximate surface area is 76.5 Å². The lowest BCUT2D eigenvalue weighted by atomic mass is 10.2. The minimum Gasteiger partial charge on any atom is -0.374 e. The number of fused-ring (bicyclic) bond motifs is 1. The molecule has 0 spiro atoms. The largest absolute Gasteiger partial charge is 0.374 e. The van der Waals surface area contributed by atoms with Gasteiger partial charge in [0.05, 0.1) is 5.37 Å². The van der Waals surface area contributed by atoms with E-state index in [1.807, 2.05) is 0 Å². The van der Waals surface area contributed by atoms with Gasteiger partial charge < -0.3 is 5.32 Å². The second-order valence-corrected chi connectivity index (χ2v) is 6.04. The number of rotatable bonds is 1. The summed E-state index contributed by atoms with van der Waals surface area (Å²) in [7, 11) is 0.141. The first-order valence-electron chi connectivity index (χ1n) is 4.28. The van der Waals surface area contributed by atoms with Crippen molar-refractivity contribution in [2.45, 2.75) is 11.8 Å². The van der Waals surface area contributed by atoms with E-state index in [1.54, 1.807) is 0 Å². The van der Waals surface area contributed by atoms with Gasteiger partial charge in [0, 0.05) is 12.1 Å². The first-order valence-corrected chi connectivity index (χ1v) is 6.59. The summed E-state index contributed by atoms with van der Waals surface area (Å²) in [4.78, 5) is 0. The van der Waals surface area contributed by atoms with Gasteiger partial charge in [0.2, 0.25) is 0 Å². The summed E-state index contributed by atoms with van der Waals surface area (Å²) in [6.45, 7) is 0. The number of nitrogens with one attached hydrogen (secondary N) is 1. The van der Waals surface area contributed by atoms with Crippen LogP contribution in [0.4, 0.5) is 5.69 Å². The van der Waals surface area contributed by atoms with Gasteiger partial charge in [-0.15, -0.1) is 0 Å². The highest BCUT2D eigenvalue weighted by atomic mass is 32.2. The van der Waals surface area contributed by atoms with E-state index in [4.69, 9.17) is 0 Å². The van der Waals surface area contributed by atoms with Crippen LogP contribution in [0.1, 0.15) is 5.56 Å². The lowest BCUT2D eigenvalue weighted by Gasteiger charge is -2.18. The summed E-state index contributed by atoms with van der Waals surface area (Å²) in [5.74, 6) is 0. The first-order chi connectivity index (χ1) is 5.77. The zero-order chi connectivity index (χ0) is 8.55. The summed E-state index contributed by atoms with van der Waals surface area (Å²) in [5.41, 5.74) is 2.83. The molecule has 0 bridgehead atoms. The van der Waals surface area contributed by atoms with Crippen LogP contribution >= 0.6 is 10.9 Å². The Morgan fingerprint density at radius 2 is 2.08 bits per heavy atom. The second kappa shape index (κ2) is 3.02. The minimum absolute atomic E-state index is 0.141. The van der Waals surface area contributed by atoms with Crippen LogP contribution in [0.15, 0.2) is 24.3 Å². The van der Waals surface area contributed by atoms with Crippen LogP contribution in [0.5, 0.6) is 0 Å². The summed E-state index contributed by atoms with van der Waals surface area (Å²) in [6.07, 6.45) is 5.88. The SMILES string of the molecule is C[SH](C)C1Cc2ccccc2N1. The lowest BCUT2D eigenvalue weighted by molar-refractivity contribution is 1.03. The molecule has 1 aliphatic heterocycles. The van der Waals surface area contributed by atoms with Crippen LogP contribution in [-0.4, -0.2) is 17.9 Å². The molecule has 0 aromatic heterocycles. The van der Waals surface area contributed by atoms with Crippen molar-refractivity contribution in [1.82, 2.24) is 0 Å². The summed E-state index contributed by atoms with van der Waals surface area (Å²) in [6, 6.07) is 8.62. The van der Waals surface area contributed by atoms with Crippen molar-refractivity contribution in [1.29, 1.82) is 0 Å². The van der Waals surface area contributed by atoms with Gasteiger partial charge in [0.1, 0.15) is 0 Å². The van der Waals surface area contributed by atoms with Crippen LogP contribution in [0.3, 0.4) is 0 Å². The highest BCUT2D eigenvalue weighted by molar-refractivity contribution is 8.16. The minimum atomic E-state index is 0.141. The monoisotopic (exact) mass is 181 g/mol. The molecule has 0 amide bonds. The molecule has 12 heavy (non-hydrogen) atoms. The third-order valence-corrected chi connectivity index (χ3v) is 3.93. The zero-order valence-electron chi connectivity index (χ0n) is 7.54. The fraction of sp³-hybridized carbons (Fsp3) is 0.400. The fourth-order valence-electron chi connectivity index (χ4n) is 1.59. The molecule has 1 aromatic carbocycles. The molecule has 1 aliphatic rings. The van der Waals surface area contributed by atoms with Crippen LogP contribution in [0.2, 0.25) is 0 Å². The number of anilines is 1. The van der Waals surface area contributed by atoms with E-state index in [1.165, 1.54) is 17.7 Å². The molecule has 1 unspecified atom stereocenters. The van der Waals surface area contributed by atoms with Crippen LogP contribution < -0.4 is 5.32 Å². The molecule has 1 aromatic rings. The molecule has 1 heterocycles. The number of thiol groups is 1. The average molecular weight is 181 g/mol. The lowest BCUT2D eigenvalue weighted by Crippen LogP contribution is -2.13. The van der Waals surface area contributed by atoms with Crippen molar-refractivity contribution < 1.29 is 0 Å². The van der Waals surface area contributed by atoms with Crippen LogP contribution in [0.25, 0.3) is 0 Å². The van der Waals surface area contributed by atoms with Crippen molar-refractivity contribution >= 4 is 16.6 Å². The fourth-order valence-corrected chi connectivity index (χ4v) is 2.55. The number of para-hydroxylation sites is 1. The van der Waals surface area contributed by atoms with Crippen molar-refractivity contribution in [2.24, 2.45) is 0 Å². The van der Waals surface area contributed by atoms with Crippen molar-refractivity contribution in [2.75, 3.05) is 17.8 Å². The van der Waals surface area contributed by atoms with Crippen molar-refractivity contribution in [3.8, 4) is 0 Å². The molecule has 0 fully saturated rings. The van der Waals surface area contributed by atoms with Crippen molar-refractivity contribution in [3.05, 3.63) is 29.8 Å². The summed E-state index contributed by atoms with van der Waals surface area (Å²) >= 11 is 0. The average Bonchev–Trinajstić information content (AvgIpc) is 2.46. The highest BCUT2D eigenvalue weighted by Gasteiger charge is 2.20. The van der Waals surface area contributed by atoms with E-state index in [0.29, 0.717) is 5.37 Å². The van der Waals surface area contributed by atoms with Gasteiger partial charge in [0.25, 0.3) is 0 Å². The van der Waals surface area contributed by atoms with Gasteiger partial charge in [-0.2, -0.15) is 0 Å². The van der Waals surface area contributed by atoms with E-state index in [0.717, 1.165) is 0 Å². The molecular weight excluding hydrogens is 166 g/mol. The molecule has 0 radical (unpaired) electrons. The molecule has 0 aliphatic carbocycles. The first kappa shape index (κ1) is 7.99. The quantitative estimate of drug-likeness (QED) is 0.633. The second-order valence-electron chi connectivity index (χ2n) is 3.49. The van der Waals surface area contributed by atoms with Gasteiger partial charge in [-0.05, 0) is 24.1 Å². The predicted molar refractivity (Wildman–Crippen MR) is 58.4 cm³/mol. The number of hydrogen-bond donors (Lipinski definition) is 2. The highest BCUT2D eigenvalue weighted by Crippen LogP contribution is 2.35. The third-order valence-electron chi connectivity index (χ3n) is 2.38. The smallest absolute Gasteiger partial charge is 0.0584 e. The molecule has 66 valence electrons. The zero-order valence-corrected chi connectivity index (χ0v) is 8.44. The Hall–Kier alpha value is -0.630. The van der Waals surface area contributed by atoms with E-state index >= 15 is 0 Å². The predicted octanol–water partition coefficient (Wildman–Crippen LogP) is 2.24. The Balaban J connectivity index is 2.22. The molecule has 0 saturated carbocycles. The maximum absolute atomic E-state index is 3.56. The van der Waals surface area contributed by atoms with Gasteiger partial charge in [-0.3, -0.25) is 0 Å². The van der Waals surface area contributed by atoms with E-state index in [-0.39, 0.29) is 10.9 Å². The van der Waals surface area contributed by atoms with Crippen LogP contribution in [-0.2, 0) is 6.42 Å². The summed E-state index contributed by atoms with van der Waals surface area (Å²) < 4.78 is 0. The topological polar surface area (TPSA) is 12.0 Å². The Kier molecular flexibility index (Phi) is 2.01. The Morgan fingerprint density at radius 3 is 2.75 bits per heavy atom. The molecule has 1 nitrogen and oxygen atoms in total. The van der Waals surface area contributed by atoms with Gasteiger partial charge in [-0.1, -0.05) is 18.2 Å².